The van der Waals surface area contributed by atoms with E-state index >= 15 is 0 Å². The number of hydrogen-bond acceptors (Lipinski definition) is 5. The summed E-state index contributed by atoms with van der Waals surface area (Å²) < 4.78 is 5.32. The van der Waals surface area contributed by atoms with E-state index in [1.54, 1.807) is 4.90 Å². The summed E-state index contributed by atoms with van der Waals surface area (Å²) >= 11 is 1.41. The van der Waals surface area contributed by atoms with Crippen molar-refractivity contribution in [1.29, 1.82) is 5.26 Å². The van der Waals surface area contributed by atoms with Crippen molar-refractivity contribution in [3.05, 3.63) is 15.6 Å². The van der Waals surface area contributed by atoms with E-state index in [1.807, 2.05) is 26.8 Å². The zero-order valence-electron chi connectivity index (χ0n) is 10.7. The lowest BCUT2D eigenvalue weighted by atomic mass is 10.2. The minimum Gasteiger partial charge on any atom is -0.444 e. The van der Waals surface area contributed by atoms with Gasteiger partial charge in [-0.15, -0.1) is 11.3 Å². The van der Waals surface area contributed by atoms with Gasteiger partial charge in [-0.3, -0.25) is 0 Å². The summed E-state index contributed by atoms with van der Waals surface area (Å²) in [7, 11) is 0. The molecule has 0 saturated heterocycles. The number of carbonyl (C=O) groups is 1. The van der Waals surface area contributed by atoms with Gasteiger partial charge in [-0.25, -0.2) is 9.78 Å². The summed E-state index contributed by atoms with van der Waals surface area (Å²) in [6, 6.07) is 2.04. The van der Waals surface area contributed by atoms with Gasteiger partial charge in [0.25, 0.3) is 0 Å². The van der Waals surface area contributed by atoms with Crippen LogP contribution in [0.1, 0.15) is 36.3 Å². The normalized spacial score (nSPS) is 14.9. The second kappa shape index (κ2) is 4.58. The SMILES string of the molecule is CC(C)(C)OC(=O)N1CCc2sc(C#N)nc2C1. The molecule has 0 atom stereocenters. The van der Waals surface area contributed by atoms with Gasteiger partial charge >= 0.3 is 6.09 Å². The fourth-order valence-electron chi connectivity index (χ4n) is 1.73. The van der Waals surface area contributed by atoms with E-state index in [0.717, 1.165) is 17.0 Å². The van der Waals surface area contributed by atoms with Gasteiger partial charge in [-0.05, 0) is 20.8 Å². The van der Waals surface area contributed by atoms with Crippen molar-refractivity contribution in [1.82, 2.24) is 9.88 Å². The van der Waals surface area contributed by atoms with Crippen LogP contribution in [0, 0.1) is 11.3 Å². The standard InChI is InChI=1S/C12H15N3O2S/c1-12(2,3)17-11(16)15-5-4-9-8(7-15)14-10(6-13)18-9/h4-5,7H2,1-3H3. The van der Waals surface area contributed by atoms with Crippen LogP contribution >= 0.6 is 11.3 Å². The van der Waals surface area contributed by atoms with Gasteiger partial charge < -0.3 is 9.64 Å². The third-order valence-corrected chi connectivity index (χ3v) is 3.54. The molecule has 0 saturated carbocycles. The fraction of sp³-hybridized carbons (Fsp3) is 0.583. The number of thiazole rings is 1. The summed E-state index contributed by atoms with van der Waals surface area (Å²) in [5, 5.41) is 9.27. The number of ether oxygens (including phenoxy) is 1. The maximum Gasteiger partial charge on any atom is 0.410 e. The van der Waals surface area contributed by atoms with Crippen LogP contribution in [0.5, 0.6) is 0 Å². The highest BCUT2D eigenvalue weighted by Gasteiger charge is 2.27. The van der Waals surface area contributed by atoms with Crippen LogP contribution in [0.2, 0.25) is 0 Å². The van der Waals surface area contributed by atoms with E-state index in [1.165, 1.54) is 11.3 Å². The molecular formula is C12H15N3O2S. The maximum atomic E-state index is 11.9. The molecule has 2 rings (SSSR count). The van der Waals surface area contributed by atoms with E-state index in [4.69, 9.17) is 10.00 Å². The summed E-state index contributed by atoms with van der Waals surface area (Å²) in [5.41, 5.74) is 0.339. The van der Waals surface area contributed by atoms with Crippen LogP contribution in [0.4, 0.5) is 4.79 Å². The molecule has 0 N–H and O–H groups in total. The minimum atomic E-state index is -0.489. The second-order valence-electron chi connectivity index (χ2n) is 5.15. The Morgan fingerprint density at radius 3 is 2.89 bits per heavy atom. The average molecular weight is 265 g/mol. The number of rotatable bonds is 0. The summed E-state index contributed by atoms with van der Waals surface area (Å²) in [5.74, 6) is 0. The molecule has 0 unspecified atom stereocenters. The van der Waals surface area contributed by atoms with Gasteiger partial charge in [0.15, 0.2) is 5.01 Å². The van der Waals surface area contributed by atoms with E-state index < -0.39 is 5.60 Å². The fourth-order valence-corrected chi connectivity index (χ4v) is 2.58. The van der Waals surface area contributed by atoms with Crippen molar-refractivity contribution in [2.45, 2.75) is 39.3 Å². The summed E-state index contributed by atoms with van der Waals surface area (Å²) in [6.07, 6.45) is 0.424. The molecule has 1 aliphatic heterocycles. The summed E-state index contributed by atoms with van der Waals surface area (Å²) in [4.78, 5) is 18.9. The quantitative estimate of drug-likeness (QED) is 0.722. The predicted octanol–water partition coefficient (Wildman–Crippen LogP) is 2.31. The molecule has 0 radical (unpaired) electrons. The van der Waals surface area contributed by atoms with E-state index in [2.05, 4.69) is 4.98 Å². The van der Waals surface area contributed by atoms with Crippen LogP contribution in [0.25, 0.3) is 0 Å². The minimum absolute atomic E-state index is 0.320. The molecule has 6 heteroatoms. The van der Waals surface area contributed by atoms with Gasteiger partial charge in [0.05, 0.1) is 12.2 Å². The molecule has 5 nitrogen and oxygen atoms in total. The van der Waals surface area contributed by atoms with Crippen molar-refractivity contribution in [2.75, 3.05) is 6.54 Å². The first-order valence-corrected chi connectivity index (χ1v) is 6.57. The molecule has 0 spiro atoms. The Morgan fingerprint density at radius 1 is 1.56 bits per heavy atom. The number of nitrogens with zero attached hydrogens (tertiary/aromatic N) is 3. The first-order valence-electron chi connectivity index (χ1n) is 5.75. The third-order valence-electron chi connectivity index (χ3n) is 2.47. The van der Waals surface area contributed by atoms with Crippen molar-refractivity contribution in [2.24, 2.45) is 0 Å². The monoisotopic (exact) mass is 265 g/mol. The van der Waals surface area contributed by atoms with Crippen LogP contribution < -0.4 is 0 Å². The van der Waals surface area contributed by atoms with E-state index in [0.29, 0.717) is 18.1 Å². The number of amides is 1. The first-order chi connectivity index (χ1) is 8.39. The van der Waals surface area contributed by atoms with E-state index in [-0.39, 0.29) is 6.09 Å². The van der Waals surface area contributed by atoms with Gasteiger partial charge in [-0.2, -0.15) is 5.26 Å². The summed E-state index contributed by atoms with van der Waals surface area (Å²) in [6.45, 7) is 6.59. The highest BCUT2D eigenvalue weighted by atomic mass is 32.1. The molecule has 1 aromatic heterocycles. The predicted molar refractivity (Wildman–Crippen MR) is 67.2 cm³/mol. The van der Waals surface area contributed by atoms with Gasteiger partial charge in [0.1, 0.15) is 11.7 Å². The van der Waals surface area contributed by atoms with Gasteiger partial charge in [0, 0.05) is 17.8 Å². The van der Waals surface area contributed by atoms with Crippen molar-refractivity contribution >= 4 is 17.4 Å². The maximum absolute atomic E-state index is 11.9. The highest BCUT2D eigenvalue weighted by Crippen LogP contribution is 2.25. The van der Waals surface area contributed by atoms with Crippen molar-refractivity contribution in [3.8, 4) is 6.07 Å². The Morgan fingerprint density at radius 2 is 2.28 bits per heavy atom. The molecule has 0 aliphatic carbocycles. The molecule has 0 fully saturated rings. The first kappa shape index (κ1) is 12.8. The van der Waals surface area contributed by atoms with Gasteiger partial charge in [0.2, 0.25) is 0 Å². The molecule has 0 bridgehead atoms. The number of fused-ring (bicyclic) bond motifs is 1. The Hall–Kier alpha value is -1.61. The van der Waals surface area contributed by atoms with Crippen LogP contribution in [0.15, 0.2) is 0 Å². The van der Waals surface area contributed by atoms with Crippen LogP contribution in [-0.2, 0) is 17.7 Å². The molecule has 0 aromatic carbocycles. The van der Waals surface area contributed by atoms with Crippen molar-refractivity contribution in [3.63, 3.8) is 0 Å². The number of aromatic nitrogens is 1. The molecule has 1 aromatic rings. The van der Waals surface area contributed by atoms with Crippen molar-refractivity contribution < 1.29 is 9.53 Å². The number of nitriles is 1. The molecule has 1 aliphatic rings. The average Bonchev–Trinajstić information content (AvgIpc) is 2.68. The van der Waals surface area contributed by atoms with Crippen LogP contribution in [-0.4, -0.2) is 28.1 Å². The number of carbonyl (C=O) groups excluding carboxylic acids is 1. The van der Waals surface area contributed by atoms with E-state index in [9.17, 15) is 4.79 Å². The molecule has 96 valence electrons. The van der Waals surface area contributed by atoms with Gasteiger partial charge in [-0.1, -0.05) is 0 Å². The Kier molecular flexibility index (Phi) is 3.26. The zero-order chi connectivity index (χ0) is 13.3. The smallest absolute Gasteiger partial charge is 0.410 e. The molecule has 1 amide bonds. The lowest BCUT2D eigenvalue weighted by molar-refractivity contribution is 0.0222. The Balaban J connectivity index is 2.08. The zero-order valence-corrected chi connectivity index (χ0v) is 11.5. The Labute approximate surface area is 110 Å². The Bertz CT molecular complexity index is 510. The molecular weight excluding hydrogens is 250 g/mol. The third kappa shape index (κ3) is 2.79. The number of hydrogen-bond donors (Lipinski definition) is 0. The largest absolute Gasteiger partial charge is 0.444 e. The lowest BCUT2D eigenvalue weighted by Gasteiger charge is -2.29. The molecule has 2 heterocycles. The highest BCUT2D eigenvalue weighted by molar-refractivity contribution is 7.12. The second-order valence-corrected chi connectivity index (χ2v) is 6.24. The molecule has 18 heavy (non-hydrogen) atoms. The van der Waals surface area contributed by atoms with Crippen LogP contribution in [0.3, 0.4) is 0 Å². The topological polar surface area (TPSA) is 66.2 Å². The lowest BCUT2D eigenvalue weighted by Crippen LogP contribution is -2.39.